The molecule has 1 fully saturated rings. The molecule has 0 aromatic heterocycles. The fourth-order valence-electron chi connectivity index (χ4n) is 3.48. The van der Waals surface area contributed by atoms with Gasteiger partial charge in [-0.15, -0.1) is 0 Å². The molecule has 0 amide bonds. The van der Waals surface area contributed by atoms with E-state index in [0.29, 0.717) is 6.92 Å². The number of hydrogen-bond donors (Lipinski definition) is 0. The lowest BCUT2D eigenvalue weighted by Gasteiger charge is -2.60. The van der Waals surface area contributed by atoms with Crippen LogP contribution in [0.4, 0.5) is 43.9 Å². The van der Waals surface area contributed by atoms with Crippen molar-refractivity contribution in [2.45, 2.75) is 87.4 Å². The molecule has 0 nitrogen and oxygen atoms in total. The molecule has 0 bridgehead atoms. The molecule has 0 heterocycles. The molecule has 0 aliphatic heterocycles. The summed E-state index contributed by atoms with van der Waals surface area (Å²) in [5, 5.41) is 0. The zero-order chi connectivity index (χ0) is 19.6. The second-order valence-corrected chi connectivity index (χ2v) is 6.46. The minimum atomic E-state index is -6.07. The highest BCUT2D eigenvalue weighted by Crippen LogP contribution is 2.70. The van der Waals surface area contributed by atoms with Crippen molar-refractivity contribution in [3.8, 4) is 0 Å². The van der Waals surface area contributed by atoms with Gasteiger partial charge in [0.1, 0.15) is 0 Å². The third-order valence-electron chi connectivity index (χ3n) is 5.06. The molecule has 0 aromatic carbocycles. The van der Waals surface area contributed by atoms with Gasteiger partial charge in [0.2, 0.25) is 11.3 Å². The van der Waals surface area contributed by atoms with E-state index >= 15 is 0 Å². The van der Waals surface area contributed by atoms with Gasteiger partial charge in [0.15, 0.2) is 5.67 Å². The van der Waals surface area contributed by atoms with E-state index in [0.717, 1.165) is 6.92 Å². The third kappa shape index (κ3) is 2.06. The molecule has 24 heavy (non-hydrogen) atoms. The summed E-state index contributed by atoms with van der Waals surface area (Å²) in [5.41, 5.74) is -19.9. The van der Waals surface area contributed by atoms with Crippen LogP contribution in [0.3, 0.4) is 0 Å². The summed E-state index contributed by atoms with van der Waals surface area (Å²) in [6, 6.07) is 0. The maximum atomic E-state index is 14.8. The summed E-state index contributed by atoms with van der Waals surface area (Å²) < 4.78 is 143. The van der Waals surface area contributed by atoms with E-state index in [1.54, 1.807) is 0 Å². The normalized spacial score (nSPS) is 43.8. The lowest BCUT2D eigenvalue weighted by Crippen LogP contribution is -2.85. The van der Waals surface area contributed by atoms with Crippen LogP contribution in [0.5, 0.6) is 0 Å². The van der Waals surface area contributed by atoms with Crippen molar-refractivity contribution in [1.82, 2.24) is 0 Å². The summed E-state index contributed by atoms with van der Waals surface area (Å²) in [5.74, 6) is -16.6. The minimum absolute atomic E-state index is 0.420. The van der Waals surface area contributed by atoms with Crippen molar-refractivity contribution < 1.29 is 43.9 Å². The number of hydrogen-bond acceptors (Lipinski definition) is 0. The van der Waals surface area contributed by atoms with Crippen LogP contribution in [0.15, 0.2) is 0 Å². The summed E-state index contributed by atoms with van der Waals surface area (Å²) in [4.78, 5) is 0. The Morgan fingerprint density at radius 2 is 1.17 bits per heavy atom. The zero-order valence-electron chi connectivity index (χ0n) is 13.4. The SMILES string of the molecule is CCC1(F)CC(F)(C(C)(F)F)C(F)(C(C)(F)F)C(F)(F)C1(F)CC. The summed E-state index contributed by atoms with van der Waals surface area (Å²) in [7, 11) is 0. The van der Waals surface area contributed by atoms with E-state index in [9.17, 15) is 43.9 Å². The van der Waals surface area contributed by atoms with E-state index in [4.69, 9.17) is 0 Å². The van der Waals surface area contributed by atoms with Crippen LogP contribution >= 0.6 is 0 Å². The summed E-state index contributed by atoms with van der Waals surface area (Å²) >= 11 is 0. The fraction of sp³-hybridized carbons (Fsp3) is 1.00. The standard InChI is InChI=1S/C14H18F10/c1-5-10(19)7-12(21,8(3,15)16)13(22,9(4,17)18)14(23,24)11(10,20)6-2/h5-7H2,1-4H3. The fourth-order valence-corrected chi connectivity index (χ4v) is 3.48. The maximum absolute atomic E-state index is 14.8. The third-order valence-corrected chi connectivity index (χ3v) is 5.06. The molecule has 10 heteroatoms. The first-order valence-corrected chi connectivity index (χ1v) is 7.22. The monoisotopic (exact) mass is 376 g/mol. The predicted octanol–water partition coefficient (Wildman–Crippen LogP) is 5.99. The lowest BCUT2D eigenvalue weighted by atomic mass is 9.54. The van der Waals surface area contributed by atoms with Crippen LogP contribution in [0.25, 0.3) is 0 Å². The van der Waals surface area contributed by atoms with E-state index in [1.165, 1.54) is 0 Å². The minimum Gasteiger partial charge on any atom is -0.240 e. The molecule has 0 radical (unpaired) electrons. The topological polar surface area (TPSA) is 0 Å². The molecular formula is C14H18F10. The number of rotatable bonds is 4. The van der Waals surface area contributed by atoms with Crippen molar-refractivity contribution in [1.29, 1.82) is 0 Å². The Hall–Kier alpha value is -0.700. The van der Waals surface area contributed by atoms with E-state index < -0.39 is 73.6 Å². The Bertz CT molecular complexity index is 495. The molecule has 4 unspecified atom stereocenters. The van der Waals surface area contributed by atoms with Crippen LogP contribution in [0, 0.1) is 0 Å². The quantitative estimate of drug-likeness (QED) is 0.529. The summed E-state index contributed by atoms with van der Waals surface area (Å²) in [6.45, 7) is 0.385. The van der Waals surface area contributed by atoms with Gasteiger partial charge in [0, 0.05) is 20.3 Å². The first kappa shape index (κ1) is 21.3. The lowest BCUT2D eigenvalue weighted by molar-refractivity contribution is -0.403. The molecule has 1 aliphatic carbocycles. The molecule has 4 atom stereocenters. The molecule has 0 N–H and O–H groups in total. The summed E-state index contributed by atoms with van der Waals surface area (Å²) in [6.07, 6.45) is -5.22. The average Bonchev–Trinajstić information content (AvgIpc) is 2.40. The predicted molar refractivity (Wildman–Crippen MR) is 66.7 cm³/mol. The van der Waals surface area contributed by atoms with Crippen LogP contribution < -0.4 is 0 Å². The van der Waals surface area contributed by atoms with Crippen molar-refractivity contribution in [2.24, 2.45) is 0 Å². The Morgan fingerprint density at radius 3 is 1.42 bits per heavy atom. The van der Waals surface area contributed by atoms with Crippen LogP contribution in [0.2, 0.25) is 0 Å². The number of halogens is 10. The van der Waals surface area contributed by atoms with Gasteiger partial charge in [0.05, 0.1) is 0 Å². The first-order chi connectivity index (χ1) is 10.3. The van der Waals surface area contributed by atoms with Gasteiger partial charge < -0.3 is 0 Å². The maximum Gasteiger partial charge on any atom is 0.327 e. The second kappa shape index (κ2) is 5.16. The molecule has 0 saturated heterocycles. The van der Waals surface area contributed by atoms with Crippen molar-refractivity contribution in [3.05, 3.63) is 0 Å². The highest BCUT2D eigenvalue weighted by molar-refractivity contribution is 5.32. The van der Waals surface area contributed by atoms with Gasteiger partial charge in [-0.1, -0.05) is 13.8 Å². The van der Waals surface area contributed by atoms with Crippen molar-refractivity contribution >= 4 is 0 Å². The van der Waals surface area contributed by atoms with E-state index in [1.807, 2.05) is 0 Å². The second-order valence-electron chi connectivity index (χ2n) is 6.46. The highest BCUT2D eigenvalue weighted by atomic mass is 19.3. The largest absolute Gasteiger partial charge is 0.327 e. The molecule has 1 aliphatic rings. The Labute approximate surface area is 132 Å². The van der Waals surface area contributed by atoms with E-state index in [-0.39, 0.29) is 0 Å². The van der Waals surface area contributed by atoms with Crippen LogP contribution in [-0.4, -0.2) is 40.4 Å². The highest BCUT2D eigenvalue weighted by Gasteiger charge is 2.94. The Morgan fingerprint density at radius 1 is 0.750 bits per heavy atom. The Kier molecular flexibility index (Phi) is 4.58. The molecule has 1 rings (SSSR count). The van der Waals surface area contributed by atoms with Crippen LogP contribution in [-0.2, 0) is 0 Å². The van der Waals surface area contributed by atoms with Crippen molar-refractivity contribution in [3.63, 3.8) is 0 Å². The van der Waals surface area contributed by atoms with Crippen molar-refractivity contribution in [2.75, 3.05) is 0 Å². The number of alkyl halides is 10. The molecule has 0 aromatic rings. The molecule has 0 spiro atoms. The van der Waals surface area contributed by atoms with Crippen LogP contribution in [0.1, 0.15) is 47.0 Å². The molecule has 1 saturated carbocycles. The first-order valence-electron chi connectivity index (χ1n) is 7.22. The van der Waals surface area contributed by atoms with Gasteiger partial charge in [0.25, 0.3) is 17.5 Å². The smallest absolute Gasteiger partial charge is 0.240 e. The molecular weight excluding hydrogens is 358 g/mol. The van der Waals surface area contributed by atoms with Gasteiger partial charge in [-0.25, -0.2) is 35.1 Å². The average molecular weight is 376 g/mol. The Balaban J connectivity index is 3.97. The van der Waals surface area contributed by atoms with Gasteiger partial charge in [-0.2, -0.15) is 8.78 Å². The molecule has 144 valence electrons. The van der Waals surface area contributed by atoms with Gasteiger partial charge >= 0.3 is 5.92 Å². The van der Waals surface area contributed by atoms with E-state index in [2.05, 4.69) is 0 Å². The van der Waals surface area contributed by atoms with Gasteiger partial charge in [-0.3, -0.25) is 0 Å². The van der Waals surface area contributed by atoms with Gasteiger partial charge in [-0.05, 0) is 12.8 Å². The zero-order valence-corrected chi connectivity index (χ0v) is 13.4.